The predicted octanol–water partition coefficient (Wildman–Crippen LogP) is 2.71. The van der Waals surface area contributed by atoms with Crippen LogP contribution in [0.4, 0.5) is 0 Å². The zero-order chi connectivity index (χ0) is 13.4. The van der Waals surface area contributed by atoms with Crippen LogP contribution in [0.2, 0.25) is 0 Å². The number of rotatable bonds is 1. The monoisotopic (exact) mass is 254 g/mol. The largest absolute Gasteiger partial charge is 0.507 e. The molecule has 0 aliphatic carbocycles. The van der Waals surface area contributed by atoms with Gasteiger partial charge in [0.1, 0.15) is 22.8 Å². The number of allylic oxidation sites excluding steroid dienone is 1. The first kappa shape index (κ1) is 11.3. The first-order valence-corrected chi connectivity index (χ1v) is 5.71. The molecule has 1 aliphatic heterocycles. The topological polar surface area (TPSA) is 66.8 Å². The Kier molecular flexibility index (Phi) is 2.49. The number of Topliss-reactive ketones (excluding diaryl/α,β-unsaturated/α-hetero) is 1. The summed E-state index contributed by atoms with van der Waals surface area (Å²) in [5.41, 5.74) is 0.641. The van der Waals surface area contributed by atoms with E-state index in [9.17, 15) is 15.0 Å². The van der Waals surface area contributed by atoms with Gasteiger partial charge in [0.05, 0.1) is 0 Å². The summed E-state index contributed by atoms with van der Waals surface area (Å²) in [4.78, 5) is 12.1. The van der Waals surface area contributed by atoms with E-state index in [1.165, 1.54) is 18.2 Å². The third-order valence-electron chi connectivity index (χ3n) is 2.90. The minimum absolute atomic E-state index is 0.0616. The molecule has 0 unspecified atom stereocenters. The Morgan fingerprint density at radius 3 is 2.42 bits per heavy atom. The highest BCUT2D eigenvalue weighted by atomic mass is 16.5. The van der Waals surface area contributed by atoms with Crippen molar-refractivity contribution in [2.24, 2.45) is 0 Å². The molecule has 0 spiro atoms. The zero-order valence-electron chi connectivity index (χ0n) is 9.83. The van der Waals surface area contributed by atoms with Gasteiger partial charge in [0.25, 0.3) is 0 Å². The number of hydrogen-bond acceptors (Lipinski definition) is 4. The summed E-state index contributed by atoms with van der Waals surface area (Å²) in [6, 6.07) is 11.3. The number of phenols is 2. The van der Waals surface area contributed by atoms with Gasteiger partial charge in [0.15, 0.2) is 5.76 Å². The Morgan fingerprint density at radius 1 is 0.947 bits per heavy atom. The molecule has 0 atom stereocenters. The van der Waals surface area contributed by atoms with E-state index in [-0.39, 0.29) is 22.8 Å². The maximum Gasteiger partial charge on any atom is 0.235 e. The molecule has 0 bridgehead atoms. The molecular formula is C15H10O4. The summed E-state index contributed by atoms with van der Waals surface area (Å²) < 4.78 is 5.40. The number of para-hydroxylation sites is 1. The normalized spacial score (nSPS) is 15.4. The number of ether oxygens (including phenoxy) is 1. The molecule has 94 valence electrons. The van der Waals surface area contributed by atoms with E-state index in [2.05, 4.69) is 0 Å². The van der Waals surface area contributed by atoms with Gasteiger partial charge in [-0.1, -0.05) is 24.3 Å². The molecule has 0 radical (unpaired) electrons. The third-order valence-corrected chi connectivity index (χ3v) is 2.90. The Balaban J connectivity index is 2.05. The average Bonchev–Trinajstić information content (AvgIpc) is 2.71. The minimum atomic E-state index is -0.392. The fraction of sp³-hybridized carbons (Fsp3) is 0. The summed E-state index contributed by atoms with van der Waals surface area (Å²) in [5, 5.41) is 19.3. The molecule has 4 heteroatoms. The van der Waals surface area contributed by atoms with Crippen molar-refractivity contribution in [2.45, 2.75) is 0 Å². The van der Waals surface area contributed by atoms with Crippen molar-refractivity contribution >= 4 is 11.9 Å². The highest BCUT2D eigenvalue weighted by Gasteiger charge is 2.30. The minimum Gasteiger partial charge on any atom is -0.507 e. The van der Waals surface area contributed by atoms with E-state index >= 15 is 0 Å². The molecule has 0 saturated carbocycles. The van der Waals surface area contributed by atoms with Gasteiger partial charge >= 0.3 is 0 Å². The summed E-state index contributed by atoms with van der Waals surface area (Å²) in [7, 11) is 0. The van der Waals surface area contributed by atoms with Crippen LogP contribution < -0.4 is 4.74 Å². The molecule has 0 fully saturated rings. The molecule has 0 aromatic heterocycles. The average molecular weight is 254 g/mol. The number of carbonyl (C=O) groups excluding carboxylic acids is 1. The molecule has 2 aromatic rings. The van der Waals surface area contributed by atoms with E-state index in [1.807, 2.05) is 0 Å². The first-order valence-electron chi connectivity index (χ1n) is 5.71. The van der Waals surface area contributed by atoms with Crippen LogP contribution >= 0.6 is 0 Å². The molecule has 4 nitrogen and oxygen atoms in total. The molecule has 3 rings (SSSR count). The van der Waals surface area contributed by atoms with E-state index in [4.69, 9.17) is 4.74 Å². The number of carbonyl (C=O) groups is 1. The van der Waals surface area contributed by atoms with Crippen molar-refractivity contribution in [3.8, 4) is 17.2 Å². The molecule has 1 aliphatic rings. The standard InChI is InChI=1S/C15H10O4/c16-10-5-2-1-4-9(10)8-13-15(18)14-11(17)6-3-7-12(14)19-13/h1-8,16-17H/b13-8-. The van der Waals surface area contributed by atoms with Gasteiger partial charge in [-0.15, -0.1) is 0 Å². The Hall–Kier alpha value is -2.75. The van der Waals surface area contributed by atoms with Crippen LogP contribution in [0.3, 0.4) is 0 Å². The fourth-order valence-electron chi connectivity index (χ4n) is 1.97. The van der Waals surface area contributed by atoms with Gasteiger partial charge in [0, 0.05) is 5.56 Å². The van der Waals surface area contributed by atoms with E-state index < -0.39 is 5.78 Å². The molecule has 0 saturated heterocycles. The molecule has 1 heterocycles. The fourth-order valence-corrected chi connectivity index (χ4v) is 1.97. The van der Waals surface area contributed by atoms with Crippen LogP contribution in [-0.4, -0.2) is 16.0 Å². The summed E-state index contributed by atoms with van der Waals surface area (Å²) in [6.45, 7) is 0. The highest BCUT2D eigenvalue weighted by molar-refractivity contribution is 6.16. The van der Waals surface area contributed by atoms with Gasteiger partial charge in [-0.05, 0) is 24.3 Å². The summed E-state index contributed by atoms with van der Waals surface area (Å²) in [6.07, 6.45) is 1.46. The van der Waals surface area contributed by atoms with E-state index in [0.29, 0.717) is 11.3 Å². The van der Waals surface area contributed by atoms with Crippen LogP contribution in [0.15, 0.2) is 48.2 Å². The Labute approximate surface area is 109 Å². The lowest BCUT2D eigenvalue weighted by Gasteiger charge is -2.00. The Bertz CT molecular complexity index is 701. The lowest BCUT2D eigenvalue weighted by molar-refractivity contribution is 0.101. The number of ketones is 1. The summed E-state index contributed by atoms with van der Waals surface area (Å²) >= 11 is 0. The molecular weight excluding hydrogens is 244 g/mol. The molecule has 0 amide bonds. The maximum atomic E-state index is 12.1. The van der Waals surface area contributed by atoms with Crippen LogP contribution in [-0.2, 0) is 0 Å². The van der Waals surface area contributed by atoms with Gasteiger partial charge in [-0.2, -0.15) is 0 Å². The van der Waals surface area contributed by atoms with Crippen molar-refractivity contribution in [3.05, 3.63) is 59.4 Å². The molecule has 19 heavy (non-hydrogen) atoms. The van der Waals surface area contributed by atoms with Gasteiger partial charge in [-0.25, -0.2) is 0 Å². The zero-order valence-corrected chi connectivity index (χ0v) is 9.83. The maximum absolute atomic E-state index is 12.1. The number of fused-ring (bicyclic) bond motifs is 1. The third kappa shape index (κ3) is 1.83. The lowest BCUT2D eigenvalue weighted by Crippen LogP contribution is -1.98. The summed E-state index contributed by atoms with van der Waals surface area (Å²) in [5.74, 6) is -0.0317. The van der Waals surface area contributed by atoms with Crippen LogP contribution in [0.25, 0.3) is 6.08 Å². The number of benzene rings is 2. The number of phenolic OH excluding ortho intramolecular Hbond substituents is 2. The van der Waals surface area contributed by atoms with Gasteiger partial charge in [-0.3, -0.25) is 4.79 Å². The second kappa shape index (κ2) is 4.17. The smallest absolute Gasteiger partial charge is 0.235 e. The van der Waals surface area contributed by atoms with E-state index in [1.54, 1.807) is 30.3 Å². The van der Waals surface area contributed by atoms with Gasteiger partial charge < -0.3 is 14.9 Å². The van der Waals surface area contributed by atoms with Crippen molar-refractivity contribution < 1.29 is 19.7 Å². The van der Waals surface area contributed by atoms with E-state index in [0.717, 1.165) is 0 Å². The predicted molar refractivity (Wildman–Crippen MR) is 69.1 cm³/mol. The van der Waals surface area contributed by atoms with Gasteiger partial charge in [0.2, 0.25) is 5.78 Å². The second-order valence-electron chi connectivity index (χ2n) is 4.15. The van der Waals surface area contributed by atoms with Crippen molar-refractivity contribution in [1.82, 2.24) is 0 Å². The van der Waals surface area contributed by atoms with Crippen LogP contribution in [0.5, 0.6) is 17.2 Å². The highest BCUT2D eigenvalue weighted by Crippen LogP contribution is 2.37. The van der Waals surface area contributed by atoms with Crippen LogP contribution in [0.1, 0.15) is 15.9 Å². The van der Waals surface area contributed by atoms with Crippen molar-refractivity contribution in [1.29, 1.82) is 0 Å². The SMILES string of the molecule is O=C1/C(=C/c2ccccc2O)Oc2cccc(O)c21. The Morgan fingerprint density at radius 2 is 1.68 bits per heavy atom. The molecule has 2 aromatic carbocycles. The lowest BCUT2D eigenvalue weighted by atomic mass is 10.1. The van der Waals surface area contributed by atoms with Crippen molar-refractivity contribution in [3.63, 3.8) is 0 Å². The molecule has 2 N–H and O–H groups in total. The van der Waals surface area contributed by atoms with Crippen LogP contribution in [0, 0.1) is 0 Å². The second-order valence-corrected chi connectivity index (χ2v) is 4.15. The van der Waals surface area contributed by atoms with Crippen molar-refractivity contribution in [2.75, 3.05) is 0 Å². The number of aromatic hydroxyl groups is 2. The number of hydrogen-bond donors (Lipinski definition) is 2. The quantitative estimate of drug-likeness (QED) is 0.768. The first-order chi connectivity index (χ1) is 9.16.